The lowest BCUT2D eigenvalue weighted by Crippen LogP contribution is -2.59. The molecule has 7 nitrogen and oxygen atoms in total. The first-order chi connectivity index (χ1) is 11.5. The Labute approximate surface area is 141 Å². The van der Waals surface area contributed by atoms with Crippen molar-refractivity contribution in [2.75, 3.05) is 31.8 Å². The first-order valence-electron chi connectivity index (χ1n) is 8.14. The smallest absolute Gasteiger partial charge is 0.240 e. The van der Waals surface area contributed by atoms with E-state index in [1.165, 1.54) is 0 Å². The molecule has 0 radical (unpaired) electrons. The minimum Gasteiger partial charge on any atom is -0.497 e. The third-order valence-corrected chi connectivity index (χ3v) is 4.66. The van der Waals surface area contributed by atoms with Gasteiger partial charge in [0.05, 0.1) is 18.7 Å². The molecule has 0 aromatic heterocycles. The Kier molecular flexibility index (Phi) is 4.73. The number of hydrogen-bond acceptors (Lipinski definition) is 5. The fourth-order valence-corrected chi connectivity index (χ4v) is 3.12. The number of benzene rings is 1. The van der Waals surface area contributed by atoms with Gasteiger partial charge in [0.25, 0.3) is 0 Å². The Bertz CT molecular complexity index is 628. The summed E-state index contributed by atoms with van der Waals surface area (Å²) in [5.74, 6) is 0.471. The Balaban J connectivity index is 1.65. The van der Waals surface area contributed by atoms with E-state index < -0.39 is 5.54 Å². The van der Waals surface area contributed by atoms with Crippen molar-refractivity contribution < 1.29 is 19.1 Å². The predicted molar refractivity (Wildman–Crippen MR) is 88.9 cm³/mol. The van der Waals surface area contributed by atoms with Crippen molar-refractivity contribution in [2.45, 2.75) is 30.8 Å². The van der Waals surface area contributed by atoms with Gasteiger partial charge in [-0.05, 0) is 25.0 Å². The standard InChI is InChI=1S/C17H23N3O4/c1-23-14-4-2-3-13(10-14)20-11-12(9-15(20)21)19-16(22)17(18)5-7-24-8-6-17/h2-4,10,12H,5-9,11,18H2,1H3,(H,19,22). The number of anilines is 1. The van der Waals surface area contributed by atoms with Crippen LogP contribution >= 0.6 is 0 Å². The quantitative estimate of drug-likeness (QED) is 0.833. The molecule has 1 aromatic carbocycles. The van der Waals surface area contributed by atoms with E-state index in [0.29, 0.717) is 38.3 Å². The molecule has 2 fully saturated rings. The van der Waals surface area contributed by atoms with Crippen LogP contribution in [0.3, 0.4) is 0 Å². The van der Waals surface area contributed by atoms with E-state index in [0.717, 1.165) is 5.69 Å². The number of nitrogens with zero attached hydrogens (tertiary/aromatic N) is 1. The molecule has 2 amide bonds. The largest absolute Gasteiger partial charge is 0.497 e. The van der Waals surface area contributed by atoms with Crippen molar-refractivity contribution in [1.29, 1.82) is 0 Å². The molecule has 2 heterocycles. The summed E-state index contributed by atoms with van der Waals surface area (Å²) in [7, 11) is 1.59. The maximum atomic E-state index is 12.5. The average Bonchev–Trinajstić information content (AvgIpc) is 2.96. The molecule has 1 unspecified atom stereocenters. The topological polar surface area (TPSA) is 93.9 Å². The van der Waals surface area contributed by atoms with Gasteiger partial charge in [-0.2, -0.15) is 0 Å². The number of amides is 2. The van der Waals surface area contributed by atoms with E-state index in [1.807, 2.05) is 24.3 Å². The van der Waals surface area contributed by atoms with Gasteiger partial charge in [-0.3, -0.25) is 9.59 Å². The zero-order valence-corrected chi connectivity index (χ0v) is 13.8. The normalized spacial score (nSPS) is 23.2. The van der Waals surface area contributed by atoms with Gasteiger partial charge in [0.1, 0.15) is 5.75 Å². The Morgan fingerprint density at radius 3 is 2.88 bits per heavy atom. The third-order valence-electron chi connectivity index (χ3n) is 4.66. The van der Waals surface area contributed by atoms with Crippen LogP contribution in [0.25, 0.3) is 0 Å². The summed E-state index contributed by atoms with van der Waals surface area (Å²) in [5, 5.41) is 2.93. The summed E-state index contributed by atoms with van der Waals surface area (Å²) >= 11 is 0. The van der Waals surface area contributed by atoms with Crippen molar-refractivity contribution in [3.63, 3.8) is 0 Å². The summed E-state index contributed by atoms with van der Waals surface area (Å²) in [4.78, 5) is 26.5. The number of methoxy groups -OCH3 is 1. The molecular weight excluding hydrogens is 310 g/mol. The summed E-state index contributed by atoms with van der Waals surface area (Å²) < 4.78 is 10.5. The van der Waals surface area contributed by atoms with Crippen LogP contribution in [0.15, 0.2) is 24.3 Å². The number of ether oxygens (including phenoxy) is 2. The number of carbonyl (C=O) groups excluding carboxylic acids is 2. The van der Waals surface area contributed by atoms with Crippen LogP contribution in [0.1, 0.15) is 19.3 Å². The molecule has 7 heteroatoms. The van der Waals surface area contributed by atoms with E-state index in [1.54, 1.807) is 12.0 Å². The Morgan fingerprint density at radius 1 is 1.42 bits per heavy atom. The molecule has 130 valence electrons. The first kappa shape index (κ1) is 16.7. The maximum absolute atomic E-state index is 12.5. The highest BCUT2D eigenvalue weighted by atomic mass is 16.5. The molecule has 0 bridgehead atoms. The molecule has 3 N–H and O–H groups in total. The fourth-order valence-electron chi connectivity index (χ4n) is 3.12. The lowest BCUT2D eigenvalue weighted by Gasteiger charge is -2.32. The van der Waals surface area contributed by atoms with Gasteiger partial charge in [0.2, 0.25) is 11.8 Å². The summed E-state index contributed by atoms with van der Waals surface area (Å²) in [5.41, 5.74) is 6.06. The van der Waals surface area contributed by atoms with Crippen molar-refractivity contribution in [2.24, 2.45) is 5.73 Å². The zero-order chi connectivity index (χ0) is 17.2. The number of rotatable bonds is 4. The number of hydrogen-bond donors (Lipinski definition) is 2. The first-order valence-corrected chi connectivity index (χ1v) is 8.14. The molecule has 1 aromatic rings. The second-order valence-electron chi connectivity index (χ2n) is 6.35. The summed E-state index contributed by atoms with van der Waals surface area (Å²) in [6, 6.07) is 7.09. The molecule has 3 rings (SSSR count). The highest BCUT2D eigenvalue weighted by Crippen LogP contribution is 2.26. The molecule has 2 aliphatic rings. The van der Waals surface area contributed by atoms with E-state index in [-0.39, 0.29) is 24.3 Å². The van der Waals surface area contributed by atoms with Gasteiger partial charge >= 0.3 is 0 Å². The molecule has 0 saturated carbocycles. The minimum absolute atomic E-state index is 0.0217. The van der Waals surface area contributed by atoms with Crippen LogP contribution in [0.4, 0.5) is 5.69 Å². The highest BCUT2D eigenvalue weighted by Gasteiger charge is 2.39. The fraction of sp³-hybridized carbons (Fsp3) is 0.529. The summed E-state index contributed by atoms with van der Waals surface area (Å²) in [6.07, 6.45) is 1.27. The average molecular weight is 333 g/mol. The predicted octanol–water partition coefficient (Wildman–Crippen LogP) is 0.425. The van der Waals surface area contributed by atoms with Gasteiger partial charge < -0.3 is 25.4 Å². The van der Waals surface area contributed by atoms with Crippen LogP contribution in [0.2, 0.25) is 0 Å². The van der Waals surface area contributed by atoms with Gasteiger partial charge in [-0.25, -0.2) is 0 Å². The van der Waals surface area contributed by atoms with Crippen LogP contribution in [0, 0.1) is 0 Å². The van der Waals surface area contributed by atoms with Gasteiger partial charge in [-0.1, -0.05) is 6.07 Å². The lowest BCUT2D eigenvalue weighted by atomic mass is 9.90. The Hall–Kier alpha value is -2.12. The lowest BCUT2D eigenvalue weighted by molar-refractivity contribution is -0.130. The number of carbonyl (C=O) groups is 2. The van der Waals surface area contributed by atoms with Gasteiger partial charge in [0.15, 0.2) is 0 Å². The molecule has 2 saturated heterocycles. The Morgan fingerprint density at radius 2 is 2.17 bits per heavy atom. The SMILES string of the molecule is COc1cccc(N2CC(NC(=O)C3(N)CCOCC3)CC2=O)c1. The van der Waals surface area contributed by atoms with Crippen molar-refractivity contribution in [3.8, 4) is 5.75 Å². The third kappa shape index (κ3) is 3.37. The minimum atomic E-state index is -0.898. The highest BCUT2D eigenvalue weighted by molar-refractivity contribution is 5.97. The molecule has 2 aliphatic heterocycles. The molecule has 0 aliphatic carbocycles. The van der Waals surface area contributed by atoms with Crippen molar-refractivity contribution >= 4 is 17.5 Å². The van der Waals surface area contributed by atoms with Crippen LogP contribution in [0.5, 0.6) is 5.75 Å². The van der Waals surface area contributed by atoms with E-state index in [4.69, 9.17) is 15.2 Å². The summed E-state index contributed by atoms with van der Waals surface area (Å²) in [6.45, 7) is 1.41. The van der Waals surface area contributed by atoms with E-state index in [2.05, 4.69) is 5.32 Å². The second-order valence-corrected chi connectivity index (χ2v) is 6.35. The van der Waals surface area contributed by atoms with Crippen LogP contribution < -0.4 is 20.7 Å². The second kappa shape index (κ2) is 6.78. The molecule has 24 heavy (non-hydrogen) atoms. The van der Waals surface area contributed by atoms with Crippen molar-refractivity contribution in [1.82, 2.24) is 5.32 Å². The number of nitrogens with one attached hydrogen (secondary N) is 1. The van der Waals surface area contributed by atoms with Gasteiger partial charge in [-0.15, -0.1) is 0 Å². The molecule has 1 atom stereocenters. The maximum Gasteiger partial charge on any atom is 0.240 e. The van der Waals surface area contributed by atoms with E-state index in [9.17, 15) is 9.59 Å². The molecule has 0 spiro atoms. The van der Waals surface area contributed by atoms with Crippen LogP contribution in [-0.2, 0) is 14.3 Å². The van der Waals surface area contributed by atoms with Crippen molar-refractivity contribution in [3.05, 3.63) is 24.3 Å². The number of nitrogens with two attached hydrogens (primary N) is 1. The molecular formula is C17H23N3O4. The monoisotopic (exact) mass is 333 g/mol. The van der Waals surface area contributed by atoms with Gasteiger partial charge in [0, 0.05) is 37.9 Å². The van der Waals surface area contributed by atoms with E-state index >= 15 is 0 Å². The zero-order valence-electron chi connectivity index (χ0n) is 13.8. The van der Waals surface area contributed by atoms with Crippen LogP contribution in [-0.4, -0.2) is 50.3 Å².